The summed E-state index contributed by atoms with van der Waals surface area (Å²) in [6, 6.07) is 13.3. The fourth-order valence-electron chi connectivity index (χ4n) is 2.31. The van der Waals surface area contributed by atoms with Crippen LogP contribution in [0.2, 0.25) is 0 Å². The Balaban J connectivity index is 2.02. The molecule has 4 heteroatoms. The maximum absolute atomic E-state index is 13.3. The second-order valence-corrected chi connectivity index (χ2v) is 5.13. The summed E-state index contributed by atoms with van der Waals surface area (Å²) in [4.78, 5) is 0. The van der Waals surface area contributed by atoms with E-state index in [1.807, 2.05) is 37.3 Å². The van der Waals surface area contributed by atoms with Crippen molar-refractivity contribution in [1.82, 2.24) is 5.32 Å². The summed E-state index contributed by atoms with van der Waals surface area (Å²) in [6.07, 6.45) is 0.672. The SMILES string of the molecule is CC(N[C@@H](CO)Cc1ccccc1)c1ccc(F)c(F)c1. The van der Waals surface area contributed by atoms with Crippen molar-refractivity contribution >= 4 is 0 Å². The van der Waals surface area contributed by atoms with Crippen molar-refractivity contribution in [2.75, 3.05) is 6.61 Å². The Bertz CT molecular complexity index is 574. The number of rotatable bonds is 6. The fraction of sp³-hybridized carbons (Fsp3) is 0.294. The van der Waals surface area contributed by atoms with E-state index in [2.05, 4.69) is 5.32 Å². The van der Waals surface area contributed by atoms with Crippen molar-refractivity contribution in [3.63, 3.8) is 0 Å². The summed E-state index contributed by atoms with van der Waals surface area (Å²) in [5.74, 6) is -1.71. The fourth-order valence-corrected chi connectivity index (χ4v) is 2.31. The van der Waals surface area contributed by atoms with Crippen LogP contribution in [0.25, 0.3) is 0 Å². The van der Waals surface area contributed by atoms with E-state index in [1.54, 1.807) is 6.07 Å². The Kier molecular flexibility index (Phi) is 5.42. The Morgan fingerprint density at radius 1 is 1.05 bits per heavy atom. The normalized spacial score (nSPS) is 13.9. The van der Waals surface area contributed by atoms with Crippen molar-refractivity contribution in [3.8, 4) is 0 Å². The smallest absolute Gasteiger partial charge is 0.159 e. The lowest BCUT2D eigenvalue weighted by Crippen LogP contribution is -2.36. The van der Waals surface area contributed by atoms with Gasteiger partial charge in [0.05, 0.1) is 6.61 Å². The van der Waals surface area contributed by atoms with Crippen LogP contribution in [0.3, 0.4) is 0 Å². The van der Waals surface area contributed by atoms with E-state index >= 15 is 0 Å². The highest BCUT2D eigenvalue weighted by Gasteiger charge is 2.14. The van der Waals surface area contributed by atoms with Gasteiger partial charge in [-0.2, -0.15) is 0 Å². The predicted molar refractivity (Wildman–Crippen MR) is 78.9 cm³/mol. The Morgan fingerprint density at radius 3 is 2.38 bits per heavy atom. The lowest BCUT2D eigenvalue weighted by atomic mass is 10.0. The van der Waals surface area contributed by atoms with E-state index in [4.69, 9.17) is 0 Å². The quantitative estimate of drug-likeness (QED) is 0.856. The van der Waals surface area contributed by atoms with Crippen LogP contribution in [-0.2, 0) is 6.42 Å². The van der Waals surface area contributed by atoms with Gasteiger partial charge in [-0.15, -0.1) is 0 Å². The van der Waals surface area contributed by atoms with Crippen LogP contribution < -0.4 is 5.32 Å². The van der Waals surface area contributed by atoms with Crippen molar-refractivity contribution in [2.45, 2.75) is 25.4 Å². The number of halogens is 2. The van der Waals surface area contributed by atoms with E-state index in [-0.39, 0.29) is 18.7 Å². The molecule has 0 heterocycles. The van der Waals surface area contributed by atoms with Crippen molar-refractivity contribution in [3.05, 3.63) is 71.3 Å². The van der Waals surface area contributed by atoms with Gasteiger partial charge in [0.1, 0.15) is 0 Å². The molecule has 0 aliphatic heterocycles. The van der Waals surface area contributed by atoms with Crippen LogP contribution in [0.15, 0.2) is 48.5 Å². The van der Waals surface area contributed by atoms with Crippen LogP contribution in [0.1, 0.15) is 24.1 Å². The standard InChI is InChI=1S/C17H19F2NO/c1-12(14-7-8-16(18)17(19)10-14)20-15(11-21)9-13-5-3-2-4-6-13/h2-8,10,12,15,20-21H,9,11H2,1H3/t12?,15-/m1/s1. The zero-order valence-electron chi connectivity index (χ0n) is 11.9. The Hall–Kier alpha value is -1.78. The highest BCUT2D eigenvalue weighted by atomic mass is 19.2. The van der Waals surface area contributed by atoms with Gasteiger partial charge in [0.15, 0.2) is 11.6 Å². The van der Waals surface area contributed by atoms with E-state index in [1.165, 1.54) is 6.07 Å². The third-order valence-corrected chi connectivity index (χ3v) is 3.47. The molecule has 1 unspecified atom stereocenters. The first-order chi connectivity index (χ1) is 10.1. The number of nitrogens with one attached hydrogen (secondary N) is 1. The van der Waals surface area contributed by atoms with Gasteiger partial charge >= 0.3 is 0 Å². The second-order valence-electron chi connectivity index (χ2n) is 5.13. The molecule has 0 aromatic heterocycles. The molecule has 0 radical (unpaired) electrons. The molecule has 2 aromatic rings. The molecule has 0 bridgehead atoms. The number of aliphatic hydroxyl groups is 1. The van der Waals surface area contributed by atoms with Gasteiger partial charge in [0.25, 0.3) is 0 Å². The average Bonchev–Trinajstić information content (AvgIpc) is 2.50. The molecule has 0 aliphatic rings. The summed E-state index contributed by atoms with van der Waals surface area (Å²) in [5.41, 5.74) is 1.77. The number of hydrogen-bond acceptors (Lipinski definition) is 2. The zero-order chi connectivity index (χ0) is 15.2. The lowest BCUT2D eigenvalue weighted by Gasteiger charge is -2.22. The van der Waals surface area contributed by atoms with Gasteiger partial charge in [-0.1, -0.05) is 36.4 Å². The molecule has 0 amide bonds. The van der Waals surface area contributed by atoms with E-state index in [0.29, 0.717) is 12.0 Å². The molecule has 0 saturated heterocycles. The maximum Gasteiger partial charge on any atom is 0.159 e. The minimum absolute atomic E-state index is 0.0249. The van der Waals surface area contributed by atoms with Gasteiger partial charge in [0.2, 0.25) is 0 Å². The van der Waals surface area contributed by atoms with Crippen LogP contribution in [0.4, 0.5) is 8.78 Å². The van der Waals surface area contributed by atoms with Crippen molar-refractivity contribution < 1.29 is 13.9 Å². The van der Waals surface area contributed by atoms with E-state index in [9.17, 15) is 13.9 Å². The van der Waals surface area contributed by atoms with Crippen LogP contribution in [0.5, 0.6) is 0 Å². The molecule has 0 aliphatic carbocycles. The van der Waals surface area contributed by atoms with Gasteiger partial charge in [0, 0.05) is 12.1 Å². The van der Waals surface area contributed by atoms with Crippen molar-refractivity contribution in [1.29, 1.82) is 0 Å². The van der Waals surface area contributed by atoms with Crippen LogP contribution in [-0.4, -0.2) is 17.8 Å². The molecular weight excluding hydrogens is 272 g/mol. The van der Waals surface area contributed by atoms with Gasteiger partial charge in [-0.25, -0.2) is 8.78 Å². The molecule has 0 spiro atoms. The third kappa shape index (κ3) is 4.34. The number of aliphatic hydroxyl groups excluding tert-OH is 1. The zero-order valence-corrected chi connectivity index (χ0v) is 11.9. The van der Waals surface area contributed by atoms with E-state index < -0.39 is 11.6 Å². The third-order valence-electron chi connectivity index (χ3n) is 3.47. The maximum atomic E-state index is 13.3. The molecule has 21 heavy (non-hydrogen) atoms. The average molecular weight is 291 g/mol. The molecule has 2 aromatic carbocycles. The minimum atomic E-state index is -0.857. The van der Waals surface area contributed by atoms with Crippen LogP contribution in [0, 0.1) is 11.6 Å². The minimum Gasteiger partial charge on any atom is -0.395 e. The first-order valence-corrected chi connectivity index (χ1v) is 6.96. The molecule has 112 valence electrons. The topological polar surface area (TPSA) is 32.3 Å². The second kappa shape index (κ2) is 7.29. The summed E-state index contributed by atoms with van der Waals surface area (Å²) < 4.78 is 26.2. The first-order valence-electron chi connectivity index (χ1n) is 6.96. The number of hydrogen-bond donors (Lipinski definition) is 2. The largest absolute Gasteiger partial charge is 0.395 e. The van der Waals surface area contributed by atoms with E-state index in [0.717, 1.165) is 11.6 Å². The Morgan fingerprint density at radius 2 is 1.76 bits per heavy atom. The van der Waals surface area contributed by atoms with Crippen LogP contribution >= 0.6 is 0 Å². The molecule has 0 fully saturated rings. The summed E-state index contributed by atoms with van der Waals surface area (Å²) in [6.45, 7) is 1.84. The molecule has 2 atom stereocenters. The van der Waals surface area contributed by atoms with Gasteiger partial charge in [-0.3, -0.25) is 0 Å². The summed E-state index contributed by atoms with van der Waals surface area (Å²) >= 11 is 0. The van der Waals surface area contributed by atoms with Crippen molar-refractivity contribution in [2.24, 2.45) is 0 Å². The number of benzene rings is 2. The predicted octanol–water partition coefficient (Wildman–Crippen LogP) is 3.22. The molecule has 2 rings (SSSR count). The van der Waals surface area contributed by atoms with Gasteiger partial charge in [-0.05, 0) is 36.6 Å². The highest BCUT2D eigenvalue weighted by Crippen LogP contribution is 2.17. The highest BCUT2D eigenvalue weighted by molar-refractivity contribution is 5.21. The monoisotopic (exact) mass is 291 g/mol. The first kappa shape index (κ1) is 15.6. The summed E-state index contributed by atoms with van der Waals surface area (Å²) in [7, 11) is 0. The summed E-state index contributed by atoms with van der Waals surface area (Å²) in [5, 5.41) is 12.7. The van der Waals surface area contributed by atoms with Gasteiger partial charge < -0.3 is 10.4 Å². The molecule has 2 N–H and O–H groups in total. The molecule has 0 saturated carbocycles. The Labute approximate surface area is 123 Å². The molecule has 2 nitrogen and oxygen atoms in total. The molecular formula is C17H19F2NO. The lowest BCUT2D eigenvalue weighted by molar-refractivity contribution is 0.232.